The summed E-state index contributed by atoms with van der Waals surface area (Å²) in [7, 11) is 0.231. The average molecular weight is 2080 g/mol. The predicted octanol–water partition coefficient (Wildman–Crippen LogP) is 23.3. The first-order valence-electron chi connectivity index (χ1n) is 44.4. The molecular formula is C113H98BBrK2N10O5P4Pd-. The Kier molecular flexibility index (Phi) is 33.8. The van der Waals surface area contributed by atoms with E-state index < -0.39 is 7.12 Å². The van der Waals surface area contributed by atoms with Crippen LogP contribution in [0.4, 0.5) is 0 Å². The number of halogens is 1. The van der Waals surface area contributed by atoms with E-state index in [1.807, 2.05) is 42.9 Å². The predicted molar refractivity (Wildman–Crippen MR) is 574 cm³/mol. The first-order valence-corrected chi connectivity index (χ1v) is 52.0. The molecule has 24 heteroatoms. The molecule has 3 N–H and O–H groups in total. The summed E-state index contributed by atoms with van der Waals surface area (Å²) in [6.07, 6.45) is 7.86. The number of carbonyl (C=O) groups excluding carboxylic acids is 1. The molecule has 15 nitrogen and oxygen atoms in total. The van der Waals surface area contributed by atoms with Gasteiger partial charge in [0.1, 0.15) is 22.6 Å². The zero-order valence-electron chi connectivity index (χ0n) is 78.2. The Morgan fingerprint density at radius 2 is 0.759 bits per heavy atom. The normalized spacial score (nSPS) is 11.9. The van der Waals surface area contributed by atoms with Gasteiger partial charge in [0.2, 0.25) is 11.9 Å². The molecule has 8 aromatic heterocycles. The molecule has 14 aromatic carbocycles. The third-order valence-electron chi connectivity index (χ3n) is 24.0. The largest absolute Gasteiger partial charge is 1.00 e. The van der Waals surface area contributed by atoms with E-state index in [4.69, 9.17) is 40.0 Å². The first kappa shape index (κ1) is 102. The van der Waals surface area contributed by atoms with Gasteiger partial charge in [-0.1, -0.05) is 363 Å². The maximum Gasteiger partial charge on any atom is 1.00 e. The SMILES string of the molecule is CC(C)(C)c1cccc(B(O)O)c1.Cc1cccc(C)c1-n1ccnc1-n1c2ccccc2c2cc3c4ccccc4n(-c4cccc(-c5cccc(C(C)(C)C)c5)c4)c3nc21.Cc1cccc(C)c1-n1ccnc1-n1c2ccccc2c2cc3c4ccccc4n(-c4cccc(Br)c4)c3nc21.O=[C-]OO.[K+].[K].[Pd].c1ccc([P-]P(c2ccccc2)P(Pc2ccccc2)c2ccccc2)cc1. The second-order valence-corrected chi connectivity index (χ2v) is 48.0. The van der Waals surface area contributed by atoms with E-state index in [0.717, 1.165) is 136 Å². The average Bonchev–Trinajstić information content (AvgIpc) is 1.56. The van der Waals surface area contributed by atoms with E-state index >= 15 is 0 Å². The van der Waals surface area contributed by atoms with Crippen molar-refractivity contribution in [3.05, 3.63) is 427 Å². The van der Waals surface area contributed by atoms with Crippen molar-refractivity contribution in [3.8, 4) is 45.8 Å². The van der Waals surface area contributed by atoms with Crippen molar-refractivity contribution < 1.29 is 96.8 Å². The molecule has 22 rings (SSSR count). The van der Waals surface area contributed by atoms with Crippen LogP contribution in [0.2, 0.25) is 0 Å². The number of fused-ring (bicyclic) bond motifs is 12. The number of aromatic nitrogens is 10. The zero-order chi connectivity index (χ0) is 92.9. The third kappa shape index (κ3) is 21.9. The van der Waals surface area contributed by atoms with E-state index in [1.165, 1.54) is 79.2 Å². The Balaban J connectivity index is 0.000000146. The molecular weight excluding hydrogens is 1980 g/mol. The van der Waals surface area contributed by atoms with E-state index in [1.54, 1.807) is 6.07 Å². The van der Waals surface area contributed by atoms with Gasteiger partial charge in [-0.05, 0) is 185 Å². The minimum atomic E-state index is -1.37. The minimum absolute atomic E-state index is 0. The molecule has 0 fully saturated rings. The number of aryl methyl sites for hydroxylation is 4. The van der Waals surface area contributed by atoms with Crippen LogP contribution in [0.15, 0.2) is 393 Å². The Hall–Kier alpha value is -9.45. The van der Waals surface area contributed by atoms with Crippen LogP contribution in [0, 0.1) is 27.7 Å². The van der Waals surface area contributed by atoms with Gasteiger partial charge in [-0.25, -0.2) is 25.2 Å². The summed E-state index contributed by atoms with van der Waals surface area (Å²) in [6, 6.07) is 130. The summed E-state index contributed by atoms with van der Waals surface area (Å²) in [5, 5.41) is 39.9. The Morgan fingerprint density at radius 1 is 0.401 bits per heavy atom. The van der Waals surface area contributed by atoms with E-state index in [0.29, 0.717) is 5.46 Å². The molecule has 0 aliphatic carbocycles. The van der Waals surface area contributed by atoms with Crippen LogP contribution >= 0.6 is 47.1 Å². The summed E-state index contributed by atoms with van der Waals surface area (Å²) < 4.78 is 14.4. The van der Waals surface area contributed by atoms with Crippen molar-refractivity contribution >= 4 is 226 Å². The van der Waals surface area contributed by atoms with Gasteiger partial charge in [-0.2, -0.15) is 12.6 Å². The van der Waals surface area contributed by atoms with Crippen molar-refractivity contribution in [2.45, 2.75) is 80.1 Å². The number of imidazole rings is 2. The summed E-state index contributed by atoms with van der Waals surface area (Å²) in [4.78, 5) is 32.2. The quantitative estimate of drug-likeness (QED) is 0.0280. The van der Waals surface area contributed by atoms with Crippen LogP contribution in [-0.4, -0.2) is 128 Å². The van der Waals surface area contributed by atoms with E-state index in [-0.39, 0.29) is 149 Å². The van der Waals surface area contributed by atoms with Crippen LogP contribution in [0.25, 0.3) is 134 Å². The van der Waals surface area contributed by atoms with Gasteiger partial charge in [0.05, 0.1) is 33.4 Å². The molecule has 1 radical (unpaired) electrons. The summed E-state index contributed by atoms with van der Waals surface area (Å²) in [6.45, 7) is 22.4. The summed E-state index contributed by atoms with van der Waals surface area (Å²) in [5.41, 5.74) is 22.7. The second kappa shape index (κ2) is 45.4. The minimum Gasteiger partial charge on any atom is -0.509 e. The maximum atomic E-state index is 8.97. The molecule has 0 aliphatic rings. The molecule has 0 aliphatic heterocycles. The molecule has 8 heterocycles. The van der Waals surface area contributed by atoms with Crippen LogP contribution in [-0.2, 0) is 40.9 Å². The van der Waals surface area contributed by atoms with Gasteiger partial charge >= 0.3 is 58.5 Å². The van der Waals surface area contributed by atoms with Gasteiger partial charge in [0.15, 0.2) is 0 Å². The molecule has 0 spiro atoms. The first-order chi connectivity index (χ1) is 65.1. The Morgan fingerprint density at radius 3 is 1.19 bits per heavy atom. The summed E-state index contributed by atoms with van der Waals surface area (Å²) in [5.74, 6) is 1.64. The van der Waals surface area contributed by atoms with Crippen molar-refractivity contribution in [1.29, 1.82) is 0 Å². The fraction of sp³-hybridized carbons (Fsp3) is 0.106. The standard InChI is InChI=1S/C44H37N5.C34H24BrN5.C24H21P4.C10H15BO2.CHO3.2K.Pd/c1-28-13-10-14-29(2)40(28)47-24-23-45-43(47)49-39-22-9-7-20-35(39)37-27-36-34-19-6-8-21-38(34)48(41(36)46-42(37)49)33-18-12-16-31(26-33)30-15-11-17-32(25-30)44(3,4)5;1-21-9-7-10-22(2)31(21)38-18-17-36-34(38)40-30-16-6-4-14-26(30)28-20-27-25-13-3-5-15-29(25)39(32(27)37-33(28)40)24-12-8-11-23(35)19-24;1-5-13-21(14-6-1)25-27(23-17-9-3-10-18-23)28(24-19-11-4-12-20-24)26-22-15-7-2-8-16-22;1-10(2,3)8-5-4-6-9(7-8)11(12)13;2-1-4-3;;;/h6-27H,1-5H3;3-20H,1-2H3;1-20,25H;4-7,12-13H,1-3H3;3H;;;/q;;-1;;-1;;+1;. The Labute approximate surface area is 911 Å². The summed E-state index contributed by atoms with van der Waals surface area (Å²) >= 11 is 3.67. The number of nitrogens with zero attached hydrogens (tertiary/aromatic N) is 10. The van der Waals surface area contributed by atoms with Gasteiger partial charge < -0.3 is 28.0 Å². The van der Waals surface area contributed by atoms with Crippen molar-refractivity contribution in [2.75, 3.05) is 0 Å². The zero-order valence-corrected chi connectivity index (χ0v) is 91.3. The molecule has 673 valence electrons. The molecule has 22 aromatic rings. The fourth-order valence-electron chi connectivity index (χ4n) is 17.7. The van der Waals surface area contributed by atoms with Gasteiger partial charge in [0, 0.05) is 156 Å². The second-order valence-electron chi connectivity index (χ2n) is 35.0. The monoisotopic (exact) mass is 2070 g/mol. The Bertz CT molecular complexity index is 7900. The number of benzene rings is 14. The van der Waals surface area contributed by atoms with E-state index in [2.05, 4.69) is 457 Å². The number of rotatable bonds is 16. The molecule has 0 saturated heterocycles. The smallest absolute Gasteiger partial charge is 0.509 e. The van der Waals surface area contributed by atoms with Crippen molar-refractivity contribution in [1.82, 2.24) is 47.3 Å². The van der Waals surface area contributed by atoms with Gasteiger partial charge in [0.25, 0.3) is 0 Å². The van der Waals surface area contributed by atoms with Crippen LogP contribution in [0.3, 0.4) is 0 Å². The van der Waals surface area contributed by atoms with Gasteiger partial charge in [-0.15, -0.1) is 0 Å². The molecule has 137 heavy (non-hydrogen) atoms. The van der Waals surface area contributed by atoms with Gasteiger partial charge in [-0.3, -0.25) is 27.4 Å². The molecule has 0 amide bonds. The number of hydrogen-bond donors (Lipinski definition) is 3. The molecule has 3 unspecified atom stereocenters. The van der Waals surface area contributed by atoms with Crippen LogP contribution in [0.1, 0.15) is 74.9 Å². The molecule has 0 bridgehead atoms. The number of para-hydroxylation sites is 6. The topological polar surface area (TPSA) is 168 Å². The number of pyridine rings is 2. The van der Waals surface area contributed by atoms with Crippen molar-refractivity contribution in [3.63, 3.8) is 0 Å². The third-order valence-corrected chi connectivity index (χ3v) is 41.3. The number of hydrogen-bond acceptors (Lipinski definition) is 9. The van der Waals surface area contributed by atoms with Crippen molar-refractivity contribution in [2.24, 2.45) is 0 Å². The maximum absolute atomic E-state index is 8.97. The van der Waals surface area contributed by atoms with E-state index in [9.17, 15) is 0 Å². The van der Waals surface area contributed by atoms with Crippen LogP contribution < -0.4 is 78.1 Å². The fourth-order valence-corrected chi connectivity index (χ4v) is 35.5. The molecule has 3 atom stereocenters. The molecule has 0 saturated carbocycles. The van der Waals surface area contributed by atoms with Crippen LogP contribution in [0.5, 0.6) is 0 Å².